The summed E-state index contributed by atoms with van der Waals surface area (Å²) in [5.74, 6) is 0. The van der Waals surface area contributed by atoms with Crippen molar-refractivity contribution in [3.63, 3.8) is 0 Å². The van der Waals surface area contributed by atoms with Crippen LogP contribution in [0.3, 0.4) is 0 Å². The number of nitro groups is 1. The quantitative estimate of drug-likeness (QED) is 0.405. The van der Waals surface area contributed by atoms with Gasteiger partial charge in [0.15, 0.2) is 0 Å². The molecule has 168 valence electrons. The van der Waals surface area contributed by atoms with Crippen molar-refractivity contribution in [2.24, 2.45) is 7.05 Å². The second-order valence-corrected chi connectivity index (χ2v) is 10.1. The Morgan fingerprint density at radius 1 is 1.00 bits per heavy atom. The van der Waals surface area contributed by atoms with Gasteiger partial charge in [0.2, 0.25) is 10.0 Å². The third kappa shape index (κ3) is 3.73. The van der Waals surface area contributed by atoms with E-state index in [-0.39, 0.29) is 46.8 Å². The molecule has 0 aliphatic carbocycles. The first-order valence-electron chi connectivity index (χ1n) is 9.59. The smallest absolute Gasteiger partial charge is 0.357 e. The summed E-state index contributed by atoms with van der Waals surface area (Å²) in [4.78, 5) is 25.5. The van der Waals surface area contributed by atoms with Crippen molar-refractivity contribution >= 4 is 55.5 Å². The summed E-state index contributed by atoms with van der Waals surface area (Å²) >= 11 is 11.9. The summed E-state index contributed by atoms with van der Waals surface area (Å²) in [5.41, 5.74) is -0.467. The highest BCUT2D eigenvalue weighted by atomic mass is 35.5. The Hall–Kier alpha value is -2.66. The van der Waals surface area contributed by atoms with E-state index in [1.807, 2.05) is 0 Å². The Kier molecular flexibility index (Phi) is 5.89. The largest absolute Gasteiger partial charge is 0.363 e. The van der Waals surface area contributed by atoms with E-state index in [1.165, 1.54) is 34.1 Å². The zero-order valence-corrected chi connectivity index (χ0v) is 19.2. The van der Waals surface area contributed by atoms with Crippen LogP contribution >= 0.6 is 23.2 Å². The molecule has 2 aromatic carbocycles. The van der Waals surface area contributed by atoms with E-state index in [1.54, 1.807) is 29.2 Å². The molecule has 0 bridgehead atoms. The highest BCUT2D eigenvalue weighted by Crippen LogP contribution is 2.34. The van der Waals surface area contributed by atoms with E-state index in [0.29, 0.717) is 10.9 Å². The Morgan fingerprint density at radius 3 is 2.28 bits per heavy atom. The molecule has 1 fully saturated rings. The van der Waals surface area contributed by atoms with Gasteiger partial charge in [-0.05, 0) is 24.3 Å². The van der Waals surface area contributed by atoms with Gasteiger partial charge < -0.3 is 9.47 Å². The van der Waals surface area contributed by atoms with Gasteiger partial charge in [-0.25, -0.2) is 8.42 Å². The van der Waals surface area contributed by atoms with Gasteiger partial charge in [-0.3, -0.25) is 14.9 Å². The fraction of sp³-hybridized carbons (Fsp3) is 0.250. The lowest BCUT2D eigenvalue weighted by Gasteiger charge is -2.35. The maximum atomic E-state index is 13.0. The molecular weight excluding hydrogens is 479 g/mol. The molecule has 0 atom stereocenters. The van der Waals surface area contributed by atoms with Gasteiger partial charge in [-0.2, -0.15) is 4.31 Å². The molecule has 3 aromatic rings. The minimum Gasteiger partial charge on any atom is -0.363 e. The average Bonchev–Trinajstić information content (AvgIpc) is 2.77. The predicted octanol–water partition coefficient (Wildman–Crippen LogP) is 3.26. The monoisotopic (exact) mass is 496 g/mol. The Morgan fingerprint density at radius 2 is 1.66 bits per heavy atom. The van der Waals surface area contributed by atoms with Crippen molar-refractivity contribution in [1.82, 2.24) is 8.87 Å². The highest BCUT2D eigenvalue weighted by Gasteiger charge is 2.34. The number of hydrogen-bond donors (Lipinski definition) is 0. The normalized spacial score (nSPS) is 15.3. The van der Waals surface area contributed by atoms with Crippen LogP contribution in [-0.4, -0.2) is 48.4 Å². The molecule has 0 amide bonds. The van der Waals surface area contributed by atoms with Crippen molar-refractivity contribution in [2.45, 2.75) is 4.90 Å². The van der Waals surface area contributed by atoms with Crippen LogP contribution in [0, 0.1) is 10.1 Å². The van der Waals surface area contributed by atoms with Crippen LogP contribution in [0.25, 0.3) is 10.9 Å². The number of rotatable bonds is 4. The number of anilines is 1. The topological polar surface area (TPSA) is 106 Å². The molecule has 0 N–H and O–H groups in total. The molecule has 0 saturated carbocycles. The second kappa shape index (κ2) is 8.36. The van der Waals surface area contributed by atoms with E-state index in [0.717, 1.165) is 0 Å². The summed E-state index contributed by atoms with van der Waals surface area (Å²) in [7, 11) is -2.34. The van der Waals surface area contributed by atoms with E-state index in [9.17, 15) is 23.3 Å². The summed E-state index contributed by atoms with van der Waals surface area (Å²) in [6, 6.07) is 11.0. The molecule has 12 heteroatoms. The Labute approximate surface area is 193 Å². The second-order valence-electron chi connectivity index (χ2n) is 7.30. The van der Waals surface area contributed by atoms with Crippen LogP contribution in [0.15, 0.2) is 52.2 Å². The van der Waals surface area contributed by atoms with Crippen LogP contribution in [0.5, 0.6) is 0 Å². The molecule has 4 rings (SSSR count). The lowest BCUT2D eigenvalue weighted by molar-refractivity contribution is -0.385. The number of nitrogens with zero attached hydrogens (tertiary/aromatic N) is 4. The molecule has 32 heavy (non-hydrogen) atoms. The maximum absolute atomic E-state index is 13.0. The number of benzene rings is 2. The molecule has 1 aliphatic heterocycles. The summed E-state index contributed by atoms with van der Waals surface area (Å²) in [5, 5.41) is 12.7. The van der Waals surface area contributed by atoms with E-state index < -0.39 is 26.2 Å². The first kappa shape index (κ1) is 22.5. The van der Waals surface area contributed by atoms with Gasteiger partial charge >= 0.3 is 11.2 Å². The molecular formula is C20H18Cl2N4O5S. The molecule has 0 spiro atoms. The van der Waals surface area contributed by atoms with Gasteiger partial charge in [0.05, 0.1) is 25.4 Å². The number of para-hydroxylation sites is 1. The van der Waals surface area contributed by atoms with Gasteiger partial charge in [0.25, 0.3) is 0 Å². The maximum Gasteiger partial charge on any atom is 0.357 e. The van der Waals surface area contributed by atoms with Gasteiger partial charge in [0, 0.05) is 38.6 Å². The number of halogens is 2. The van der Waals surface area contributed by atoms with Crippen molar-refractivity contribution in [2.75, 3.05) is 31.1 Å². The lowest BCUT2D eigenvalue weighted by atomic mass is 10.1. The summed E-state index contributed by atoms with van der Waals surface area (Å²) in [6.45, 7) is 0.531. The Balaban J connectivity index is 1.70. The fourth-order valence-corrected chi connectivity index (χ4v) is 5.70. The number of fused-ring (bicyclic) bond motifs is 1. The van der Waals surface area contributed by atoms with Crippen LogP contribution < -0.4 is 10.5 Å². The Bertz CT molecular complexity index is 1400. The first-order chi connectivity index (χ1) is 15.1. The van der Waals surface area contributed by atoms with Crippen LogP contribution in [-0.2, 0) is 17.1 Å². The first-order valence-corrected chi connectivity index (χ1v) is 11.8. The standard InChI is InChI=1S/C20H18Cl2N4O5S/c1-23-17-5-3-2-4-14(17)18(19(20(23)27)26(28)29)24-8-10-25(11-9-24)32(30,31)13-6-7-15(21)16(22)12-13/h2-7,12H,8-11H2,1H3. The predicted molar refractivity (Wildman–Crippen MR) is 123 cm³/mol. The number of sulfonamides is 1. The molecule has 9 nitrogen and oxygen atoms in total. The lowest BCUT2D eigenvalue weighted by Crippen LogP contribution is -2.49. The van der Waals surface area contributed by atoms with Crippen LogP contribution in [0.2, 0.25) is 10.0 Å². The number of piperazine rings is 1. The van der Waals surface area contributed by atoms with Crippen LogP contribution in [0.1, 0.15) is 0 Å². The summed E-state index contributed by atoms with van der Waals surface area (Å²) < 4.78 is 28.6. The zero-order chi connectivity index (χ0) is 23.2. The zero-order valence-electron chi connectivity index (χ0n) is 16.9. The number of aryl methyl sites for hydroxylation is 1. The van der Waals surface area contributed by atoms with Crippen molar-refractivity contribution < 1.29 is 13.3 Å². The van der Waals surface area contributed by atoms with E-state index >= 15 is 0 Å². The number of hydrogen-bond acceptors (Lipinski definition) is 6. The molecule has 1 aliphatic rings. The highest BCUT2D eigenvalue weighted by molar-refractivity contribution is 7.89. The SMILES string of the molecule is Cn1c(=O)c([N+](=O)[O-])c(N2CCN(S(=O)(=O)c3ccc(Cl)c(Cl)c3)CC2)c2ccccc21. The molecule has 0 unspecified atom stereocenters. The van der Waals surface area contributed by atoms with Crippen molar-refractivity contribution in [3.05, 3.63) is 73.0 Å². The number of aromatic nitrogens is 1. The van der Waals surface area contributed by atoms with E-state index in [2.05, 4.69) is 0 Å². The summed E-state index contributed by atoms with van der Waals surface area (Å²) in [6.07, 6.45) is 0. The third-order valence-electron chi connectivity index (χ3n) is 5.52. The molecule has 1 aromatic heterocycles. The third-order valence-corrected chi connectivity index (χ3v) is 8.15. The van der Waals surface area contributed by atoms with Gasteiger partial charge in [-0.15, -0.1) is 0 Å². The van der Waals surface area contributed by atoms with Crippen LogP contribution in [0.4, 0.5) is 11.4 Å². The van der Waals surface area contributed by atoms with Crippen molar-refractivity contribution in [1.29, 1.82) is 0 Å². The van der Waals surface area contributed by atoms with Crippen molar-refractivity contribution in [3.8, 4) is 0 Å². The van der Waals surface area contributed by atoms with Gasteiger partial charge in [-0.1, -0.05) is 41.4 Å². The molecule has 1 saturated heterocycles. The average molecular weight is 497 g/mol. The minimum atomic E-state index is -3.83. The van der Waals surface area contributed by atoms with Gasteiger partial charge in [0.1, 0.15) is 5.69 Å². The minimum absolute atomic E-state index is 0.0189. The number of pyridine rings is 1. The fourth-order valence-electron chi connectivity index (χ4n) is 3.89. The molecule has 0 radical (unpaired) electrons. The van der Waals surface area contributed by atoms with E-state index in [4.69, 9.17) is 23.2 Å². The molecule has 2 heterocycles.